The van der Waals surface area contributed by atoms with Crippen molar-refractivity contribution in [3.63, 3.8) is 0 Å². The number of hydrogen-bond acceptors (Lipinski definition) is 3. The standard InChI is InChI=1S/C27H34N2O2.2ClH/c1-2-21(15-19-7-4-3-5-8-19)25-17-26(25)29-24-13-11-23(12-14-24)28-18-20-9-6-10-22(16-20)27(30)31;;/h3-10,15-16,23-26,28-29H,2,11-14,17-18H2,1H3,(H,30,31);2*1H/b21-15+;;/t23?,24?,25-,26+;;/m0../s1. The Morgan fingerprint density at radius 1 is 1.00 bits per heavy atom. The number of benzene rings is 2. The summed E-state index contributed by atoms with van der Waals surface area (Å²) in [6.45, 7) is 3.01. The molecule has 2 aromatic carbocycles. The Morgan fingerprint density at radius 2 is 1.70 bits per heavy atom. The number of nitrogens with one attached hydrogen (secondary N) is 2. The summed E-state index contributed by atoms with van der Waals surface area (Å²) >= 11 is 0. The third kappa shape index (κ3) is 7.86. The van der Waals surface area contributed by atoms with Gasteiger partial charge < -0.3 is 15.7 Å². The van der Waals surface area contributed by atoms with Crippen LogP contribution in [0, 0.1) is 5.92 Å². The van der Waals surface area contributed by atoms with E-state index in [0.29, 0.717) is 29.6 Å². The summed E-state index contributed by atoms with van der Waals surface area (Å²) in [5.41, 5.74) is 4.28. The molecule has 180 valence electrons. The van der Waals surface area contributed by atoms with Gasteiger partial charge in [0.05, 0.1) is 5.56 Å². The molecule has 33 heavy (non-hydrogen) atoms. The first-order valence-corrected chi connectivity index (χ1v) is 11.7. The number of halogens is 2. The van der Waals surface area contributed by atoms with E-state index in [2.05, 4.69) is 54.0 Å². The molecule has 0 heterocycles. The topological polar surface area (TPSA) is 61.4 Å². The van der Waals surface area contributed by atoms with Crippen molar-refractivity contribution in [3.05, 3.63) is 76.9 Å². The molecule has 2 aliphatic rings. The minimum Gasteiger partial charge on any atom is -0.478 e. The second-order valence-corrected chi connectivity index (χ2v) is 9.03. The summed E-state index contributed by atoms with van der Waals surface area (Å²) in [6.07, 6.45) is 9.54. The third-order valence-corrected chi connectivity index (χ3v) is 6.77. The highest BCUT2D eigenvalue weighted by atomic mass is 35.5. The average Bonchev–Trinajstić information content (AvgIpc) is 3.56. The van der Waals surface area contributed by atoms with Gasteiger partial charge in [-0.2, -0.15) is 0 Å². The molecular weight excluding hydrogens is 455 g/mol. The van der Waals surface area contributed by atoms with Gasteiger partial charge in [-0.25, -0.2) is 4.79 Å². The molecule has 2 saturated carbocycles. The molecule has 3 N–H and O–H groups in total. The summed E-state index contributed by atoms with van der Waals surface area (Å²) in [5, 5.41) is 16.7. The maximum atomic E-state index is 11.1. The van der Waals surface area contributed by atoms with Crippen molar-refractivity contribution in [3.8, 4) is 0 Å². The van der Waals surface area contributed by atoms with Gasteiger partial charge in [-0.1, -0.05) is 61.0 Å². The highest BCUT2D eigenvalue weighted by Gasteiger charge is 2.40. The summed E-state index contributed by atoms with van der Waals surface area (Å²) in [6, 6.07) is 19.7. The fourth-order valence-corrected chi connectivity index (χ4v) is 4.87. The van der Waals surface area contributed by atoms with Gasteiger partial charge in [0.15, 0.2) is 0 Å². The summed E-state index contributed by atoms with van der Waals surface area (Å²) < 4.78 is 0. The first-order chi connectivity index (χ1) is 15.1. The van der Waals surface area contributed by atoms with E-state index in [1.165, 1.54) is 37.7 Å². The molecule has 0 spiro atoms. The molecule has 0 aromatic heterocycles. The predicted octanol–water partition coefficient (Wildman–Crippen LogP) is 6.10. The Kier molecular flexibility index (Phi) is 10.9. The quantitative estimate of drug-likeness (QED) is 0.397. The number of carboxylic acid groups (broad SMARTS) is 1. The van der Waals surface area contributed by atoms with Crippen molar-refractivity contribution in [2.75, 3.05) is 0 Å². The largest absolute Gasteiger partial charge is 0.478 e. The zero-order chi connectivity index (χ0) is 21.6. The average molecular weight is 492 g/mol. The van der Waals surface area contributed by atoms with E-state index in [1.54, 1.807) is 17.7 Å². The molecule has 2 aromatic rings. The van der Waals surface area contributed by atoms with Crippen LogP contribution >= 0.6 is 24.8 Å². The molecule has 4 nitrogen and oxygen atoms in total. The van der Waals surface area contributed by atoms with Crippen LogP contribution in [0.3, 0.4) is 0 Å². The third-order valence-electron chi connectivity index (χ3n) is 6.77. The highest BCUT2D eigenvalue weighted by molar-refractivity contribution is 5.87. The van der Waals surface area contributed by atoms with Gasteiger partial charge in [0, 0.05) is 24.7 Å². The van der Waals surface area contributed by atoms with Gasteiger partial charge in [0.2, 0.25) is 0 Å². The zero-order valence-corrected chi connectivity index (χ0v) is 20.8. The second-order valence-electron chi connectivity index (χ2n) is 9.03. The number of rotatable bonds is 9. The van der Waals surface area contributed by atoms with Crippen LogP contribution in [0.5, 0.6) is 0 Å². The fourth-order valence-electron chi connectivity index (χ4n) is 4.87. The first-order valence-electron chi connectivity index (χ1n) is 11.7. The number of carbonyl (C=O) groups is 1. The molecule has 0 aliphatic heterocycles. The molecule has 0 amide bonds. The SMILES string of the molecule is CC/C(=C\c1ccccc1)[C@@H]1C[C@H]1NC1CCC(NCc2cccc(C(=O)O)c2)CC1.Cl.Cl. The Labute approximate surface area is 210 Å². The highest BCUT2D eigenvalue weighted by Crippen LogP contribution is 2.40. The summed E-state index contributed by atoms with van der Waals surface area (Å²) in [7, 11) is 0. The van der Waals surface area contributed by atoms with Gasteiger partial charge in [-0.15, -0.1) is 24.8 Å². The Balaban J connectivity index is 0.00000193. The lowest BCUT2D eigenvalue weighted by Crippen LogP contribution is -2.40. The second kappa shape index (κ2) is 13.1. The molecule has 0 saturated heterocycles. The van der Waals surface area contributed by atoms with E-state index in [0.717, 1.165) is 18.5 Å². The van der Waals surface area contributed by atoms with Gasteiger partial charge in [-0.3, -0.25) is 0 Å². The minimum atomic E-state index is -0.864. The molecule has 6 heteroatoms. The van der Waals surface area contributed by atoms with Crippen LogP contribution in [0.4, 0.5) is 0 Å². The molecule has 0 unspecified atom stereocenters. The van der Waals surface area contributed by atoms with E-state index < -0.39 is 5.97 Å². The van der Waals surface area contributed by atoms with Crippen LogP contribution in [-0.2, 0) is 6.54 Å². The van der Waals surface area contributed by atoms with Crippen LogP contribution in [-0.4, -0.2) is 29.2 Å². The maximum Gasteiger partial charge on any atom is 0.335 e. The van der Waals surface area contributed by atoms with Crippen molar-refractivity contribution in [2.24, 2.45) is 5.92 Å². The molecule has 2 fully saturated rings. The lowest BCUT2D eigenvalue weighted by Gasteiger charge is -2.30. The van der Waals surface area contributed by atoms with Gasteiger partial charge >= 0.3 is 5.97 Å². The smallest absolute Gasteiger partial charge is 0.335 e. The van der Waals surface area contributed by atoms with Crippen molar-refractivity contribution in [2.45, 2.75) is 70.1 Å². The van der Waals surface area contributed by atoms with E-state index in [1.807, 2.05) is 12.1 Å². The first kappa shape index (κ1) is 27.4. The molecule has 2 aliphatic carbocycles. The minimum absolute atomic E-state index is 0. The molecule has 0 radical (unpaired) electrons. The van der Waals surface area contributed by atoms with Crippen molar-refractivity contribution >= 4 is 36.9 Å². The fraction of sp³-hybridized carbons (Fsp3) is 0.444. The van der Waals surface area contributed by atoms with Gasteiger partial charge in [-0.05, 0) is 67.7 Å². The summed E-state index contributed by atoms with van der Waals surface area (Å²) in [4.78, 5) is 11.1. The zero-order valence-electron chi connectivity index (χ0n) is 19.2. The lowest BCUT2D eigenvalue weighted by molar-refractivity contribution is 0.0696. The number of carboxylic acids is 1. The van der Waals surface area contributed by atoms with Crippen LogP contribution in [0.15, 0.2) is 60.2 Å². The number of hydrogen-bond donors (Lipinski definition) is 3. The molecule has 0 bridgehead atoms. The normalized spacial score (nSPS) is 24.3. The molecule has 2 atom stereocenters. The predicted molar refractivity (Wildman–Crippen MR) is 141 cm³/mol. The van der Waals surface area contributed by atoms with Crippen molar-refractivity contribution < 1.29 is 9.90 Å². The Bertz CT molecular complexity index is 911. The van der Waals surface area contributed by atoms with E-state index in [-0.39, 0.29) is 24.8 Å². The van der Waals surface area contributed by atoms with Crippen molar-refractivity contribution in [1.82, 2.24) is 10.6 Å². The molecule has 4 rings (SSSR count). The van der Waals surface area contributed by atoms with Crippen LogP contribution in [0.25, 0.3) is 6.08 Å². The molecular formula is C27H36Cl2N2O2. The van der Waals surface area contributed by atoms with E-state index in [9.17, 15) is 4.79 Å². The maximum absolute atomic E-state index is 11.1. The monoisotopic (exact) mass is 490 g/mol. The van der Waals surface area contributed by atoms with Crippen LogP contribution in [0.1, 0.15) is 66.9 Å². The van der Waals surface area contributed by atoms with Gasteiger partial charge in [0.25, 0.3) is 0 Å². The van der Waals surface area contributed by atoms with E-state index >= 15 is 0 Å². The Morgan fingerprint density at radius 3 is 2.36 bits per heavy atom. The number of aromatic carboxylic acids is 1. The lowest BCUT2D eigenvalue weighted by atomic mass is 9.90. The van der Waals surface area contributed by atoms with Crippen molar-refractivity contribution in [1.29, 1.82) is 0 Å². The Hall–Kier alpha value is -1.85. The summed E-state index contributed by atoms with van der Waals surface area (Å²) in [5.74, 6) is -0.167. The van der Waals surface area contributed by atoms with Gasteiger partial charge in [0.1, 0.15) is 0 Å². The van der Waals surface area contributed by atoms with E-state index in [4.69, 9.17) is 5.11 Å². The van der Waals surface area contributed by atoms with Crippen LogP contribution in [0.2, 0.25) is 0 Å². The van der Waals surface area contributed by atoms with Crippen LogP contribution < -0.4 is 10.6 Å².